The van der Waals surface area contributed by atoms with Crippen LogP contribution in [0.25, 0.3) is 0 Å². The average Bonchev–Trinajstić information content (AvgIpc) is 3.09. The standard InChI is InChI=1S/C16H16N2O5/c1-8-6-11(18(22)23)4-5-12(8)17-15(19)13-9-2-3-10(7-9)14(13)16(20)21/h2-6,9-10,13-14H,7H2,1H3,(H,17,19)(H,20,21)/t9-,10+,13-,14+/m1/s1. The highest BCUT2D eigenvalue weighted by molar-refractivity contribution is 5.97. The Bertz CT molecular complexity index is 727. The number of carboxylic acid groups (broad SMARTS) is 1. The van der Waals surface area contributed by atoms with Crippen LogP contribution in [-0.4, -0.2) is 21.9 Å². The first-order chi connectivity index (χ1) is 10.9. The van der Waals surface area contributed by atoms with Crippen molar-refractivity contribution < 1.29 is 19.6 Å². The number of carboxylic acids is 1. The van der Waals surface area contributed by atoms with E-state index in [9.17, 15) is 24.8 Å². The highest BCUT2D eigenvalue weighted by atomic mass is 16.6. The molecule has 1 fully saturated rings. The molecule has 4 atom stereocenters. The zero-order chi connectivity index (χ0) is 16.7. The summed E-state index contributed by atoms with van der Waals surface area (Å²) in [6, 6.07) is 4.17. The lowest BCUT2D eigenvalue weighted by Crippen LogP contribution is -2.36. The van der Waals surface area contributed by atoms with Gasteiger partial charge in [0.25, 0.3) is 5.69 Å². The second kappa shape index (κ2) is 5.49. The number of nitro groups is 1. The highest BCUT2D eigenvalue weighted by Crippen LogP contribution is 2.48. The molecule has 0 aliphatic heterocycles. The number of nitrogens with one attached hydrogen (secondary N) is 1. The number of aliphatic carboxylic acids is 1. The van der Waals surface area contributed by atoms with Crippen molar-refractivity contribution in [2.45, 2.75) is 13.3 Å². The molecule has 0 heterocycles. The van der Waals surface area contributed by atoms with Gasteiger partial charge < -0.3 is 10.4 Å². The molecule has 2 N–H and O–H groups in total. The molecule has 3 rings (SSSR count). The Labute approximate surface area is 132 Å². The molecule has 2 aliphatic carbocycles. The van der Waals surface area contributed by atoms with Gasteiger partial charge in [-0.2, -0.15) is 0 Å². The third-order valence-corrected chi connectivity index (χ3v) is 4.73. The van der Waals surface area contributed by atoms with E-state index >= 15 is 0 Å². The first kappa shape index (κ1) is 15.2. The number of carbonyl (C=O) groups excluding carboxylic acids is 1. The summed E-state index contributed by atoms with van der Waals surface area (Å²) in [5.74, 6) is -2.75. The van der Waals surface area contributed by atoms with E-state index in [0.29, 0.717) is 17.7 Å². The summed E-state index contributed by atoms with van der Waals surface area (Å²) >= 11 is 0. The van der Waals surface area contributed by atoms with Crippen molar-refractivity contribution in [1.82, 2.24) is 0 Å². The molecule has 120 valence electrons. The Balaban J connectivity index is 1.81. The number of anilines is 1. The molecule has 1 saturated carbocycles. The topological polar surface area (TPSA) is 110 Å². The van der Waals surface area contributed by atoms with E-state index in [1.54, 1.807) is 6.92 Å². The summed E-state index contributed by atoms with van der Waals surface area (Å²) in [6.45, 7) is 1.66. The maximum atomic E-state index is 12.5. The first-order valence-electron chi connectivity index (χ1n) is 7.35. The van der Waals surface area contributed by atoms with E-state index in [1.165, 1.54) is 18.2 Å². The molecular formula is C16H16N2O5. The second-order valence-electron chi connectivity index (χ2n) is 6.08. The summed E-state index contributed by atoms with van der Waals surface area (Å²) in [5, 5.41) is 22.9. The number of aryl methyl sites for hydroxylation is 1. The minimum absolute atomic E-state index is 0.0493. The van der Waals surface area contributed by atoms with E-state index in [-0.39, 0.29) is 23.4 Å². The molecule has 0 saturated heterocycles. The van der Waals surface area contributed by atoms with Crippen LogP contribution in [-0.2, 0) is 9.59 Å². The number of carbonyl (C=O) groups is 2. The molecule has 1 aromatic carbocycles. The highest BCUT2D eigenvalue weighted by Gasteiger charge is 2.51. The Hall–Kier alpha value is -2.70. The smallest absolute Gasteiger partial charge is 0.307 e. The first-order valence-corrected chi connectivity index (χ1v) is 7.35. The fourth-order valence-electron chi connectivity index (χ4n) is 3.63. The molecule has 7 heteroatoms. The Morgan fingerprint density at radius 1 is 1.26 bits per heavy atom. The molecule has 7 nitrogen and oxygen atoms in total. The Kier molecular flexibility index (Phi) is 3.63. The number of fused-ring (bicyclic) bond motifs is 2. The normalized spacial score (nSPS) is 27.9. The van der Waals surface area contributed by atoms with Crippen LogP contribution in [0.5, 0.6) is 0 Å². The van der Waals surface area contributed by atoms with E-state index in [4.69, 9.17) is 0 Å². The van der Waals surface area contributed by atoms with Gasteiger partial charge in [0, 0.05) is 17.8 Å². The van der Waals surface area contributed by atoms with Crippen LogP contribution >= 0.6 is 0 Å². The molecule has 1 amide bonds. The summed E-state index contributed by atoms with van der Waals surface area (Å²) in [4.78, 5) is 34.3. The molecule has 0 radical (unpaired) electrons. The van der Waals surface area contributed by atoms with E-state index in [0.717, 1.165) is 0 Å². The van der Waals surface area contributed by atoms with Crippen molar-refractivity contribution in [3.63, 3.8) is 0 Å². The van der Waals surface area contributed by atoms with Crippen LogP contribution in [0.1, 0.15) is 12.0 Å². The fourth-order valence-corrected chi connectivity index (χ4v) is 3.63. The predicted octanol–water partition coefficient (Wildman–Crippen LogP) is 2.36. The summed E-state index contributed by atoms with van der Waals surface area (Å²) < 4.78 is 0. The number of benzene rings is 1. The molecule has 2 aliphatic rings. The largest absolute Gasteiger partial charge is 0.481 e. The summed E-state index contributed by atoms with van der Waals surface area (Å²) in [6.07, 6.45) is 4.48. The number of hydrogen-bond acceptors (Lipinski definition) is 4. The minimum atomic E-state index is -0.956. The van der Waals surface area contributed by atoms with Crippen molar-refractivity contribution in [3.8, 4) is 0 Å². The molecule has 1 aromatic rings. The molecular weight excluding hydrogens is 300 g/mol. The Morgan fingerprint density at radius 3 is 2.48 bits per heavy atom. The number of non-ortho nitro benzene ring substituents is 1. The van der Waals surface area contributed by atoms with Crippen LogP contribution in [0.2, 0.25) is 0 Å². The zero-order valence-corrected chi connectivity index (χ0v) is 12.4. The number of rotatable bonds is 4. The lowest BCUT2D eigenvalue weighted by Gasteiger charge is -2.24. The molecule has 0 aromatic heterocycles. The van der Waals surface area contributed by atoms with E-state index in [1.807, 2.05) is 12.2 Å². The van der Waals surface area contributed by atoms with E-state index in [2.05, 4.69) is 5.32 Å². The Morgan fingerprint density at radius 2 is 1.91 bits per heavy atom. The SMILES string of the molecule is Cc1cc([N+](=O)[O-])ccc1NC(=O)[C@H]1[C@@H](C(=O)O)[C@H]2C=C[C@@H]1C2. The van der Waals surface area contributed by atoms with E-state index < -0.39 is 22.7 Å². The van der Waals surface area contributed by atoms with Crippen LogP contribution < -0.4 is 5.32 Å². The maximum absolute atomic E-state index is 12.5. The summed E-state index contributed by atoms with van der Waals surface area (Å²) in [5.41, 5.74) is 0.987. The van der Waals surface area contributed by atoms with Gasteiger partial charge in [-0.1, -0.05) is 12.2 Å². The van der Waals surface area contributed by atoms with Crippen LogP contribution in [0.3, 0.4) is 0 Å². The van der Waals surface area contributed by atoms with Gasteiger partial charge in [-0.15, -0.1) is 0 Å². The monoisotopic (exact) mass is 316 g/mol. The minimum Gasteiger partial charge on any atom is -0.481 e. The van der Waals surface area contributed by atoms with Gasteiger partial charge in [0.05, 0.1) is 16.8 Å². The lowest BCUT2D eigenvalue weighted by atomic mass is 9.82. The van der Waals surface area contributed by atoms with Gasteiger partial charge >= 0.3 is 5.97 Å². The van der Waals surface area contributed by atoms with Crippen LogP contribution in [0.15, 0.2) is 30.4 Å². The zero-order valence-electron chi connectivity index (χ0n) is 12.4. The molecule has 23 heavy (non-hydrogen) atoms. The number of allylic oxidation sites excluding steroid dienone is 2. The fraction of sp³-hybridized carbons (Fsp3) is 0.375. The number of amides is 1. The van der Waals surface area contributed by atoms with Gasteiger partial charge in [-0.3, -0.25) is 19.7 Å². The quantitative estimate of drug-likeness (QED) is 0.503. The van der Waals surface area contributed by atoms with Gasteiger partial charge in [-0.05, 0) is 36.8 Å². The van der Waals surface area contributed by atoms with Gasteiger partial charge in [0.1, 0.15) is 0 Å². The van der Waals surface area contributed by atoms with Crippen molar-refractivity contribution in [3.05, 3.63) is 46.0 Å². The number of hydrogen-bond donors (Lipinski definition) is 2. The second-order valence-corrected chi connectivity index (χ2v) is 6.08. The van der Waals surface area contributed by atoms with Crippen LogP contribution in [0, 0.1) is 40.7 Å². The third kappa shape index (κ3) is 2.58. The lowest BCUT2D eigenvalue weighted by molar-refractivity contribution is -0.384. The molecule has 0 unspecified atom stereocenters. The van der Waals surface area contributed by atoms with Crippen molar-refractivity contribution in [2.75, 3.05) is 5.32 Å². The number of nitrogens with zero attached hydrogens (tertiary/aromatic N) is 1. The van der Waals surface area contributed by atoms with Crippen LogP contribution in [0.4, 0.5) is 11.4 Å². The van der Waals surface area contributed by atoms with Crippen molar-refractivity contribution in [1.29, 1.82) is 0 Å². The predicted molar refractivity (Wildman–Crippen MR) is 81.8 cm³/mol. The molecule has 0 spiro atoms. The maximum Gasteiger partial charge on any atom is 0.307 e. The van der Waals surface area contributed by atoms with Gasteiger partial charge in [0.2, 0.25) is 5.91 Å². The third-order valence-electron chi connectivity index (χ3n) is 4.73. The number of nitro benzene ring substituents is 1. The van der Waals surface area contributed by atoms with Crippen molar-refractivity contribution >= 4 is 23.3 Å². The van der Waals surface area contributed by atoms with Crippen molar-refractivity contribution in [2.24, 2.45) is 23.7 Å². The van der Waals surface area contributed by atoms with Gasteiger partial charge in [-0.25, -0.2) is 0 Å². The average molecular weight is 316 g/mol. The summed E-state index contributed by atoms with van der Waals surface area (Å²) in [7, 11) is 0. The molecule has 2 bridgehead atoms. The van der Waals surface area contributed by atoms with Gasteiger partial charge in [0.15, 0.2) is 0 Å².